The van der Waals surface area contributed by atoms with Gasteiger partial charge in [0.05, 0.1) is 22.2 Å². The maximum absolute atomic E-state index is 14.2. The van der Waals surface area contributed by atoms with Gasteiger partial charge in [-0.2, -0.15) is 0 Å². The van der Waals surface area contributed by atoms with Crippen molar-refractivity contribution < 1.29 is 14.0 Å². The summed E-state index contributed by atoms with van der Waals surface area (Å²) in [5.41, 5.74) is 11.1. The number of benzene rings is 4. The summed E-state index contributed by atoms with van der Waals surface area (Å²) >= 11 is 0. The number of hydrogen-bond donors (Lipinski definition) is 3. The minimum Gasteiger partial charge on any atom is -0.366 e. The van der Waals surface area contributed by atoms with E-state index < -0.39 is 11.7 Å². The largest absolute Gasteiger partial charge is 0.366 e. The number of nitrogens with one attached hydrogen (secondary N) is 2. The number of carbonyl (C=O) groups excluding carboxylic acids is 2. The van der Waals surface area contributed by atoms with E-state index >= 15 is 0 Å². The molecule has 9 heteroatoms. The molecule has 0 unspecified atom stereocenters. The number of halogens is 1. The second-order valence-corrected chi connectivity index (χ2v) is 9.70. The second-order valence-electron chi connectivity index (χ2n) is 9.70. The second kappa shape index (κ2) is 9.46. The lowest BCUT2D eigenvalue weighted by atomic mass is 9.93. The van der Waals surface area contributed by atoms with E-state index in [0.29, 0.717) is 23.3 Å². The van der Waals surface area contributed by atoms with Crippen LogP contribution in [0.5, 0.6) is 0 Å². The van der Waals surface area contributed by atoms with Gasteiger partial charge in [-0.05, 0) is 59.5 Å². The highest BCUT2D eigenvalue weighted by molar-refractivity contribution is 6.20. The predicted molar refractivity (Wildman–Crippen MR) is 153 cm³/mol. The van der Waals surface area contributed by atoms with E-state index in [9.17, 15) is 18.8 Å². The Labute approximate surface area is 227 Å². The van der Waals surface area contributed by atoms with Crippen molar-refractivity contribution in [2.24, 2.45) is 5.73 Å². The molecule has 8 nitrogen and oxygen atoms in total. The van der Waals surface area contributed by atoms with Crippen LogP contribution in [-0.4, -0.2) is 26.3 Å². The number of nitrogens with zero attached hydrogens (tertiary/aromatic N) is 2. The lowest BCUT2D eigenvalue weighted by Gasteiger charge is -2.15. The van der Waals surface area contributed by atoms with Crippen LogP contribution in [0.2, 0.25) is 0 Å². The van der Waals surface area contributed by atoms with Gasteiger partial charge in [0.25, 0.3) is 11.5 Å². The molecule has 4 N–H and O–H groups in total. The molecule has 0 fully saturated rings. The van der Waals surface area contributed by atoms with E-state index in [4.69, 9.17) is 5.73 Å². The molecule has 0 aliphatic carbocycles. The molecule has 2 aromatic heterocycles. The number of aromatic amines is 1. The van der Waals surface area contributed by atoms with Gasteiger partial charge in [-0.25, -0.2) is 9.37 Å². The van der Waals surface area contributed by atoms with Crippen LogP contribution in [0, 0.1) is 12.7 Å². The molecule has 6 aromatic rings. The van der Waals surface area contributed by atoms with E-state index in [-0.39, 0.29) is 22.4 Å². The summed E-state index contributed by atoms with van der Waals surface area (Å²) in [4.78, 5) is 44.6. The topological polar surface area (TPSA) is 123 Å². The van der Waals surface area contributed by atoms with Crippen LogP contribution in [0.1, 0.15) is 28.4 Å². The third-order valence-electron chi connectivity index (χ3n) is 7.22. The van der Waals surface area contributed by atoms with Crippen molar-refractivity contribution in [2.45, 2.75) is 20.4 Å². The van der Waals surface area contributed by atoms with E-state index in [1.807, 2.05) is 49.4 Å². The third kappa shape index (κ3) is 3.99. The molecule has 0 spiro atoms. The van der Waals surface area contributed by atoms with E-state index in [1.54, 1.807) is 12.1 Å². The van der Waals surface area contributed by atoms with Gasteiger partial charge in [-0.1, -0.05) is 36.4 Å². The normalized spacial score (nSPS) is 11.4. The minimum atomic E-state index is -0.562. The first kappa shape index (κ1) is 25.0. The van der Waals surface area contributed by atoms with Crippen LogP contribution in [0.25, 0.3) is 49.5 Å². The maximum atomic E-state index is 14.2. The first-order chi connectivity index (χ1) is 19.2. The molecule has 0 aliphatic rings. The van der Waals surface area contributed by atoms with E-state index in [1.165, 1.54) is 30.0 Å². The number of primary amides is 1. The van der Waals surface area contributed by atoms with Crippen molar-refractivity contribution in [3.8, 4) is 16.8 Å². The zero-order chi connectivity index (χ0) is 28.1. The number of aromatic nitrogens is 3. The highest BCUT2D eigenvalue weighted by Crippen LogP contribution is 2.39. The number of fused-ring (bicyclic) bond motifs is 4. The Hall–Kier alpha value is -5.31. The smallest absolute Gasteiger partial charge is 0.265 e. The Morgan fingerprint density at radius 1 is 1.02 bits per heavy atom. The highest BCUT2D eigenvalue weighted by atomic mass is 19.1. The Bertz CT molecular complexity index is 2080. The molecular weight excluding hydrogens is 509 g/mol. The van der Waals surface area contributed by atoms with Crippen LogP contribution in [0.4, 0.5) is 4.39 Å². The summed E-state index contributed by atoms with van der Waals surface area (Å²) in [5.74, 6) is -1.24. The summed E-state index contributed by atoms with van der Waals surface area (Å²) in [6, 6.07) is 19.3. The van der Waals surface area contributed by atoms with Gasteiger partial charge in [0.15, 0.2) is 0 Å². The Morgan fingerprint density at radius 3 is 2.60 bits per heavy atom. The standard InChI is InChI=1S/C31H24FN5O3/c1-16-19(5-4-8-26(16)37-15-35-28-23(31(37)40)6-3-7-24(28)32)20-11-12-22(30(33)39)29-27(20)21-10-9-18(13-25(21)36-29)14-34-17(2)38/h3-13,15,36H,14H2,1-2H3,(H2,33,39)(H,34,38). The fraction of sp³-hybridized carbons (Fsp3) is 0.0968. The molecule has 2 amide bonds. The van der Waals surface area contributed by atoms with Crippen LogP contribution >= 0.6 is 0 Å². The Morgan fingerprint density at radius 2 is 1.82 bits per heavy atom. The number of amides is 2. The maximum Gasteiger partial charge on any atom is 0.265 e. The van der Waals surface area contributed by atoms with Crippen molar-refractivity contribution in [1.29, 1.82) is 0 Å². The number of H-pyrrole nitrogens is 1. The predicted octanol–water partition coefficient (Wildman–Crippen LogP) is 4.87. The molecule has 2 heterocycles. The summed E-state index contributed by atoms with van der Waals surface area (Å²) < 4.78 is 15.7. The fourth-order valence-corrected chi connectivity index (χ4v) is 5.29. The van der Waals surface area contributed by atoms with Crippen molar-refractivity contribution in [3.63, 3.8) is 0 Å². The molecule has 0 bridgehead atoms. The number of carbonyl (C=O) groups is 2. The zero-order valence-electron chi connectivity index (χ0n) is 21.7. The van der Waals surface area contributed by atoms with Gasteiger partial charge < -0.3 is 16.0 Å². The molecule has 0 saturated heterocycles. The van der Waals surface area contributed by atoms with Gasteiger partial charge in [-0.15, -0.1) is 0 Å². The van der Waals surface area contributed by atoms with Gasteiger partial charge in [0, 0.05) is 29.8 Å². The van der Waals surface area contributed by atoms with Crippen LogP contribution in [-0.2, 0) is 11.3 Å². The molecule has 0 atom stereocenters. The van der Waals surface area contributed by atoms with Crippen molar-refractivity contribution in [3.05, 3.63) is 106 Å². The number of para-hydroxylation sites is 1. The van der Waals surface area contributed by atoms with Gasteiger partial charge in [0.2, 0.25) is 5.91 Å². The van der Waals surface area contributed by atoms with Crippen LogP contribution in [0.15, 0.2) is 77.9 Å². The van der Waals surface area contributed by atoms with Crippen LogP contribution < -0.4 is 16.6 Å². The average molecular weight is 534 g/mol. The molecule has 4 aromatic carbocycles. The number of rotatable bonds is 5. The molecule has 0 saturated carbocycles. The first-order valence-corrected chi connectivity index (χ1v) is 12.6. The molecule has 0 aliphatic heterocycles. The van der Waals surface area contributed by atoms with Crippen molar-refractivity contribution in [1.82, 2.24) is 19.9 Å². The fourth-order valence-electron chi connectivity index (χ4n) is 5.29. The SMILES string of the molecule is CC(=O)NCc1ccc2c(c1)[nH]c1c(C(N)=O)ccc(-c3cccc(-n4cnc5c(F)cccc5c4=O)c3C)c12. The zero-order valence-corrected chi connectivity index (χ0v) is 21.7. The van der Waals surface area contributed by atoms with Gasteiger partial charge >= 0.3 is 0 Å². The summed E-state index contributed by atoms with van der Waals surface area (Å²) in [5, 5.41) is 4.67. The Balaban J connectivity index is 1.58. The molecule has 40 heavy (non-hydrogen) atoms. The quantitative estimate of drug-likeness (QED) is 0.293. The van der Waals surface area contributed by atoms with Crippen LogP contribution in [0.3, 0.4) is 0 Å². The summed E-state index contributed by atoms with van der Waals surface area (Å²) in [7, 11) is 0. The van der Waals surface area contributed by atoms with E-state index in [0.717, 1.165) is 38.5 Å². The molecular formula is C31H24FN5O3. The van der Waals surface area contributed by atoms with E-state index in [2.05, 4.69) is 15.3 Å². The van der Waals surface area contributed by atoms with Crippen molar-refractivity contribution in [2.75, 3.05) is 0 Å². The van der Waals surface area contributed by atoms with Gasteiger partial charge in [0.1, 0.15) is 17.7 Å². The monoisotopic (exact) mass is 533 g/mol. The average Bonchev–Trinajstić information content (AvgIpc) is 3.31. The lowest BCUT2D eigenvalue weighted by molar-refractivity contribution is -0.119. The molecule has 198 valence electrons. The lowest BCUT2D eigenvalue weighted by Crippen LogP contribution is -2.20. The first-order valence-electron chi connectivity index (χ1n) is 12.6. The molecule has 0 radical (unpaired) electrons. The number of nitrogens with two attached hydrogens (primary N) is 1. The number of hydrogen-bond acceptors (Lipinski definition) is 4. The summed E-state index contributed by atoms with van der Waals surface area (Å²) in [6.07, 6.45) is 1.34. The minimum absolute atomic E-state index is 0.0259. The van der Waals surface area contributed by atoms with Crippen molar-refractivity contribution >= 4 is 44.5 Å². The summed E-state index contributed by atoms with van der Waals surface area (Å²) in [6.45, 7) is 3.74. The third-order valence-corrected chi connectivity index (χ3v) is 7.22. The highest BCUT2D eigenvalue weighted by Gasteiger charge is 2.19. The van der Waals surface area contributed by atoms with Gasteiger partial charge in [-0.3, -0.25) is 19.0 Å². The molecule has 6 rings (SSSR count). The Kier molecular flexibility index (Phi) is 5.91.